The van der Waals surface area contributed by atoms with Crippen LogP contribution in [-0.4, -0.2) is 55.3 Å². The maximum Gasteiger partial charge on any atom is 0.204 e. The third-order valence-electron chi connectivity index (χ3n) is 6.12. The summed E-state index contributed by atoms with van der Waals surface area (Å²) in [7, 11) is 0. The molecule has 0 spiro atoms. The summed E-state index contributed by atoms with van der Waals surface area (Å²) in [6, 6.07) is 22.9. The molecular weight excluding hydrogens is 428 g/mol. The van der Waals surface area contributed by atoms with Gasteiger partial charge in [0.05, 0.1) is 6.67 Å². The van der Waals surface area contributed by atoms with Crippen LogP contribution in [0.25, 0.3) is 17.1 Å². The van der Waals surface area contributed by atoms with Crippen molar-refractivity contribution in [2.75, 3.05) is 26.2 Å². The predicted molar refractivity (Wildman–Crippen MR) is 134 cm³/mol. The van der Waals surface area contributed by atoms with Gasteiger partial charge in [0.1, 0.15) is 0 Å². The van der Waals surface area contributed by atoms with Crippen molar-refractivity contribution in [3.63, 3.8) is 0 Å². The summed E-state index contributed by atoms with van der Waals surface area (Å²) >= 11 is 5.93. The van der Waals surface area contributed by atoms with Gasteiger partial charge < -0.3 is 0 Å². The van der Waals surface area contributed by atoms with Gasteiger partial charge in [-0.25, -0.2) is 4.68 Å². The van der Waals surface area contributed by atoms with E-state index in [0.717, 1.165) is 54.6 Å². The molecule has 1 fully saturated rings. The van der Waals surface area contributed by atoms with Crippen LogP contribution in [0.5, 0.6) is 0 Å². The Morgan fingerprint density at radius 3 is 2.18 bits per heavy atom. The van der Waals surface area contributed by atoms with Crippen molar-refractivity contribution in [2.45, 2.75) is 20.1 Å². The van der Waals surface area contributed by atoms with Gasteiger partial charge in [-0.15, -0.1) is 5.10 Å². The molecule has 2 aromatic carbocycles. The molecule has 4 aromatic rings. The van der Waals surface area contributed by atoms with Crippen molar-refractivity contribution < 1.29 is 0 Å². The number of aryl methyl sites for hydroxylation is 1. The summed E-state index contributed by atoms with van der Waals surface area (Å²) in [5, 5.41) is 4.97. The monoisotopic (exact) mass is 456 g/mol. The van der Waals surface area contributed by atoms with Crippen molar-refractivity contribution in [2.24, 2.45) is 0 Å². The molecule has 2 aromatic heterocycles. The Balaban J connectivity index is 1.36. The van der Waals surface area contributed by atoms with E-state index in [9.17, 15) is 0 Å². The molecule has 0 amide bonds. The minimum atomic E-state index is 0.695. The Kier molecular flexibility index (Phi) is 6.44. The van der Waals surface area contributed by atoms with E-state index in [4.69, 9.17) is 17.3 Å². The Labute approximate surface area is 199 Å². The van der Waals surface area contributed by atoms with Crippen LogP contribution in [0.1, 0.15) is 11.1 Å². The number of hydrogen-bond donors (Lipinski definition) is 0. The molecule has 1 aliphatic heterocycles. The van der Waals surface area contributed by atoms with Crippen molar-refractivity contribution in [1.82, 2.24) is 29.1 Å². The maximum atomic E-state index is 5.93. The lowest BCUT2D eigenvalue weighted by Gasteiger charge is -2.34. The van der Waals surface area contributed by atoms with Crippen LogP contribution in [0.15, 0.2) is 79.1 Å². The van der Waals surface area contributed by atoms with Crippen LogP contribution < -0.4 is 0 Å². The van der Waals surface area contributed by atoms with Crippen LogP contribution in [0, 0.1) is 11.7 Å². The zero-order chi connectivity index (χ0) is 22.6. The van der Waals surface area contributed by atoms with Gasteiger partial charge in [0.25, 0.3) is 0 Å². The summed E-state index contributed by atoms with van der Waals surface area (Å²) in [5.74, 6) is 0.876. The zero-order valence-corrected chi connectivity index (χ0v) is 19.7. The average Bonchev–Trinajstić information content (AvgIpc) is 3.18. The first-order valence-corrected chi connectivity index (χ1v) is 11.7. The fourth-order valence-electron chi connectivity index (χ4n) is 4.23. The quantitative estimate of drug-likeness (QED) is 0.398. The average molecular weight is 457 g/mol. The highest BCUT2D eigenvalue weighted by molar-refractivity contribution is 7.71. The number of rotatable bonds is 6. The zero-order valence-electron chi connectivity index (χ0n) is 18.8. The Morgan fingerprint density at radius 2 is 1.48 bits per heavy atom. The van der Waals surface area contributed by atoms with Gasteiger partial charge in [0, 0.05) is 56.4 Å². The van der Waals surface area contributed by atoms with Crippen LogP contribution >= 0.6 is 12.2 Å². The molecule has 0 saturated carbocycles. The minimum Gasteiger partial charge on any atom is -0.297 e. The van der Waals surface area contributed by atoms with Crippen LogP contribution in [0.2, 0.25) is 0 Å². The summed E-state index contributed by atoms with van der Waals surface area (Å²) < 4.78 is 4.77. The molecule has 0 unspecified atom stereocenters. The molecule has 33 heavy (non-hydrogen) atoms. The molecule has 3 heterocycles. The van der Waals surface area contributed by atoms with E-state index in [1.54, 1.807) is 0 Å². The number of nitrogens with zero attached hydrogens (tertiary/aromatic N) is 6. The molecule has 1 aliphatic rings. The van der Waals surface area contributed by atoms with Crippen molar-refractivity contribution in [1.29, 1.82) is 0 Å². The fraction of sp³-hybridized carbons (Fsp3) is 0.269. The third kappa shape index (κ3) is 4.95. The largest absolute Gasteiger partial charge is 0.297 e. The van der Waals surface area contributed by atoms with E-state index in [1.165, 1.54) is 11.1 Å². The lowest BCUT2D eigenvalue weighted by Crippen LogP contribution is -2.46. The first kappa shape index (κ1) is 21.7. The van der Waals surface area contributed by atoms with Crippen LogP contribution in [-0.2, 0) is 13.2 Å². The Bertz CT molecular complexity index is 1240. The fourth-order valence-corrected chi connectivity index (χ4v) is 4.52. The molecule has 0 radical (unpaired) electrons. The van der Waals surface area contributed by atoms with E-state index in [2.05, 4.69) is 74.8 Å². The van der Waals surface area contributed by atoms with E-state index in [-0.39, 0.29) is 0 Å². The normalized spacial score (nSPS) is 15.1. The first-order chi connectivity index (χ1) is 16.2. The molecule has 0 atom stereocenters. The SMILES string of the molecule is Cc1ccc(-n2c(-c3ccccc3)nn(CN3CCN(Cc4ccncc4)CC3)c2=S)cc1. The first-order valence-electron chi connectivity index (χ1n) is 11.3. The summed E-state index contributed by atoms with van der Waals surface area (Å²) in [4.78, 5) is 9.04. The van der Waals surface area contributed by atoms with Gasteiger partial charge in [-0.05, 0) is 49.0 Å². The van der Waals surface area contributed by atoms with Crippen LogP contribution in [0.4, 0.5) is 0 Å². The number of pyridine rings is 1. The molecule has 0 N–H and O–H groups in total. The van der Waals surface area contributed by atoms with Gasteiger partial charge in [-0.2, -0.15) is 0 Å². The molecule has 1 saturated heterocycles. The summed E-state index contributed by atoms with van der Waals surface area (Å²) in [5.41, 5.74) is 4.64. The van der Waals surface area contributed by atoms with Gasteiger partial charge in [0.15, 0.2) is 5.82 Å². The minimum absolute atomic E-state index is 0.695. The van der Waals surface area contributed by atoms with Gasteiger partial charge >= 0.3 is 0 Å². The van der Waals surface area contributed by atoms with Crippen molar-refractivity contribution in [3.8, 4) is 17.1 Å². The second-order valence-electron chi connectivity index (χ2n) is 8.53. The number of piperazine rings is 1. The van der Waals surface area contributed by atoms with Crippen LogP contribution in [0.3, 0.4) is 0 Å². The highest BCUT2D eigenvalue weighted by Gasteiger charge is 2.20. The molecule has 0 bridgehead atoms. The van der Waals surface area contributed by atoms with E-state index >= 15 is 0 Å². The van der Waals surface area contributed by atoms with Crippen molar-refractivity contribution >= 4 is 12.2 Å². The molecule has 7 heteroatoms. The number of benzene rings is 2. The lowest BCUT2D eigenvalue weighted by atomic mass is 10.2. The highest BCUT2D eigenvalue weighted by Crippen LogP contribution is 2.23. The standard InChI is InChI=1S/C26H28N6S/c1-21-7-9-24(10-8-21)32-25(23-5-3-2-4-6-23)28-31(26(32)33)20-30-17-15-29(16-18-30)19-22-11-13-27-14-12-22/h2-14H,15-20H2,1H3. The number of aromatic nitrogens is 4. The van der Waals surface area contributed by atoms with E-state index in [1.807, 2.05) is 35.3 Å². The second-order valence-corrected chi connectivity index (χ2v) is 8.90. The van der Waals surface area contributed by atoms with E-state index < -0.39 is 0 Å². The smallest absolute Gasteiger partial charge is 0.204 e. The van der Waals surface area contributed by atoms with Crippen molar-refractivity contribution in [3.05, 3.63) is 95.0 Å². The summed E-state index contributed by atoms with van der Waals surface area (Å²) in [6.45, 7) is 7.80. The molecule has 168 valence electrons. The number of hydrogen-bond acceptors (Lipinski definition) is 5. The predicted octanol–water partition coefficient (Wildman–Crippen LogP) is 4.55. The second kappa shape index (κ2) is 9.79. The van der Waals surface area contributed by atoms with Gasteiger partial charge in [-0.3, -0.25) is 19.4 Å². The molecule has 6 nitrogen and oxygen atoms in total. The molecule has 5 rings (SSSR count). The lowest BCUT2D eigenvalue weighted by molar-refractivity contribution is 0.0981. The Hall–Kier alpha value is -3.13. The maximum absolute atomic E-state index is 5.93. The topological polar surface area (TPSA) is 42.1 Å². The van der Waals surface area contributed by atoms with Gasteiger partial charge in [-0.1, -0.05) is 48.0 Å². The van der Waals surface area contributed by atoms with Gasteiger partial charge in [0.2, 0.25) is 4.77 Å². The molecule has 0 aliphatic carbocycles. The third-order valence-corrected chi connectivity index (χ3v) is 6.51. The van der Waals surface area contributed by atoms with E-state index in [0.29, 0.717) is 6.67 Å². The summed E-state index contributed by atoms with van der Waals surface area (Å²) in [6.07, 6.45) is 3.73. The highest BCUT2D eigenvalue weighted by atomic mass is 32.1. The Morgan fingerprint density at radius 1 is 0.818 bits per heavy atom. The molecular formula is C26H28N6S.